The van der Waals surface area contributed by atoms with E-state index in [9.17, 15) is 9.90 Å². The monoisotopic (exact) mass is 458 g/mol. The Kier molecular flexibility index (Phi) is 6.88. The molecule has 1 aromatic heterocycles. The zero-order valence-corrected chi connectivity index (χ0v) is 18.6. The first kappa shape index (κ1) is 22.6. The molecule has 0 fully saturated rings. The van der Waals surface area contributed by atoms with Crippen molar-refractivity contribution >= 4 is 18.1 Å². The van der Waals surface area contributed by atoms with Crippen molar-refractivity contribution in [1.29, 1.82) is 0 Å². The van der Waals surface area contributed by atoms with Crippen LogP contribution in [0.25, 0.3) is 23.5 Å². The van der Waals surface area contributed by atoms with Gasteiger partial charge in [0.2, 0.25) is 5.82 Å². The van der Waals surface area contributed by atoms with E-state index in [4.69, 9.17) is 18.7 Å². The quantitative estimate of drug-likeness (QED) is 0.369. The molecule has 0 amide bonds. The molecule has 4 aromatic rings. The summed E-state index contributed by atoms with van der Waals surface area (Å²) in [6.45, 7) is 0.315. The van der Waals surface area contributed by atoms with Crippen molar-refractivity contribution in [2.75, 3.05) is 14.2 Å². The van der Waals surface area contributed by atoms with Gasteiger partial charge in [0.25, 0.3) is 5.89 Å². The highest BCUT2D eigenvalue weighted by atomic mass is 16.5. The third-order valence-electron chi connectivity index (χ3n) is 4.94. The highest BCUT2D eigenvalue weighted by Crippen LogP contribution is 2.30. The summed E-state index contributed by atoms with van der Waals surface area (Å²) in [6, 6.07) is 19.1. The molecule has 1 N–H and O–H groups in total. The van der Waals surface area contributed by atoms with Crippen LogP contribution in [0, 0.1) is 0 Å². The molecule has 1 heterocycles. The Balaban J connectivity index is 1.41. The van der Waals surface area contributed by atoms with Gasteiger partial charge in [-0.1, -0.05) is 23.4 Å². The SMILES string of the molecule is COC(=O)c1ccc(COc2ccc(/C=C/c3nc(-c4ccc(O)cc4)no3)cc2OC)cc1. The van der Waals surface area contributed by atoms with Crippen molar-refractivity contribution < 1.29 is 28.6 Å². The fourth-order valence-corrected chi connectivity index (χ4v) is 3.12. The van der Waals surface area contributed by atoms with Gasteiger partial charge in [-0.2, -0.15) is 4.98 Å². The van der Waals surface area contributed by atoms with E-state index in [1.165, 1.54) is 7.11 Å². The number of ether oxygens (including phenoxy) is 3. The number of carbonyl (C=O) groups is 1. The third-order valence-corrected chi connectivity index (χ3v) is 4.94. The van der Waals surface area contributed by atoms with E-state index in [-0.39, 0.29) is 11.7 Å². The zero-order valence-electron chi connectivity index (χ0n) is 18.6. The summed E-state index contributed by atoms with van der Waals surface area (Å²) in [4.78, 5) is 15.9. The lowest BCUT2D eigenvalue weighted by atomic mass is 10.1. The van der Waals surface area contributed by atoms with Gasteiger partial charge in [0.15, 0.2) is 11.5 Å². The summed E-state index contributed by atoms with van der Waals surface area (Å²) in [6.07, 6.45) is 3.53. The summed E-state index contributed by atoms with van der Waals surface area (Å²) in [5.41, 5.74) is 2.98. The van der Waals surface area contributed by atoms with Crippen molar-refractivity contribution in [3.05, 3.63) is 89.3 Å². The number of aromatic hydroxyl groups is 1. The predicted octanol–water partition coefficient (Wildman–Crippen LogP) is 4.99. The maximum atomic E-state index is 11.5. The van der Waals surface area contributed by atoms with Gasteiger partial charge in [0.1, 0.15) is 12.4 Å². The Morgan fingerprint density at radius 3 is 2.44 bits per heavy atom. The first-order valence-corrected chi connectivity index (χ1v) is 10.3. The van der Waals surface area contributed by atoms with E-state index in [0.29, 0.717) is 35.4 Å². The van der Waals surface area contributed by atoms with E-state index in [2.05, 4.69) is 10.1 Å². The number of benzene rings is 3. The lowest BCUT2D eigenvalue weighted by Gasteiger charge is -2.11. The van der Waals surface area contributed by atoms with Gasteiger partial charge in [-0.15, -0.1) is 0 Å². The summed E-state index contributed by atoms with van der Waals surface area (Å²) >= 11 is 0. The molecule has 0 spiro atoms. The molecule has 172 valence electrons. The lowest BCUT2D eigenvalue weighted by Crippen LogP contribution is -2.02. The molecule has 8 heteroatoms. The lowest BCUT2D eigenvalue weighted by molar-refractivity contribution is 0.0600. The molecule has 0 aliphatic carbocycles. The average molecular weight is 458 g/mol. The van der Waals surface area contributed by atoms with E-state index in [0.717, 1.165) is 16.7 Å². The fraction of sp³-hybridized carbons (Fsp3) is 0.115. The number of hydrogen-bond donors (Lipinski definition) is 1. The second-order valence-electron chi connectivity index (χ2n) is 7.22. The molecule has 0 radical (unpaired) electrons. The molecular formula is C26H22N2O6. The normalized spacial score (nSPS) is 10.9. The highest BCUT2D eigenvalue weighted by Gasteiger charge is 2.09. The minimum absolute atomic E-state index is 0.171. The molecule has 0 saturated heterocycles. The number of rotatable bonds is 8. The van der Waals surface area contributed by atoms with Crippen molar-refractivity contribution in [1.82, 2.24) is 10.1 Å². The number of methoxy groups -OCH3 is 2. The van der Waals surface area contributed by atoms with Gasteiger partial charge in [-0.25, -0.2) is 4.79 Å². The molecule has 0 unspecified atom stereocenters. The van der Waals surface area contributed by atoms with Gasteiger partial charge in [-0.05, 0) is 65.7 Å². The summed E-state index contributed by atoms with van der Waals surface area (Å²) in [7, 11) is 2.92. The molecule has 0 aliphatic heterocycles. The van der Waals surface area contributed by atoms with Crippen LogP contribution in [0.3, 0.4) is 0 Å². The van der Waals surface area contributed by atoms with Crippen LogP contribution in [0.2, 0.25) is 0 Å². The van der Waals surface area contributed by atoms with Crippen LogP contribution in [0.4, 0.5) is 0 Å². The Hall–Kier alpha value is -4.59. The predicted molar refractivity (Wildman–Crippen MR) is 125 cm³/mol. The Bertz CT molecular complexity index is 1290. The topological polar surface area (TPSA) is 104 Å². The van der Waals surface area contributed by atoms with Crippen molar-refractivity contribution in [2.45, 2.75) is 6.61 Å². The van der Waals surface area contributed by atoms with Gasteiger partial charge >= 0.3 is 5.97 Å². The number of esters is 1. The van der Waals surface area contributed by atoms with Gasteiger partial charge in [0.05, 0.1) is 19.8 Å². The molecule has 0 aliphatic rings. The van der Waals surface area contributed by atoms with Crippen molar-refractivity contribution in [3.8, 4) is 28.6 Å². The molecule has 0 bridgehead atoms. The van der Waals surface area contributed by atoms with Gasteiger partial charge < -0.3 is 23.8 Å². The first-order chi connectivity index (χ1) is 16.6. The molecule has 3 aromatic carbocycles. The summed E-state index contributed by atoms with van der Waals surface area (Å²) in [5.74, 6) is 1.73. The number of nitrogens with zero attached hydrogens (tertiary/aromatic N) is 2. The van der Waals surface area contributed by atoms with E-state index in [1.807, 2.05) is 36.4 Å². The summed E-state index contributed by atoms with van der Waals surface area (Å²) in [5, 5.41) is 13.4. The van der Waals surface area contributed by atoms with Crippen LogP contribution in [-0.4, -0.2) is 35.4 Å². The second kappa shape index (κ2) is 10.4. The van der Waals surface area contributed by atoms with Crippen LogP contribution in [0.1, 0.15) is 27.4 Å². The Morgan fingerprint density at radius 1 is 0.971 bits per heavy atom. The van der Waals surface area contributed by atoms with Crippen LogP contribution in [-0.2, 0) is 11.3 Å². The van der Waals surface area contributed by atoms with Crippen LogP contribution < -0.4 is 9.47 Å². The number of carbonyl (C=O) groups excluding carboxylic acids is 1. The second-order valence-corrected chi connectivity index (χ2v) is 7.22. The molecule has 0 atom stereocenters. The first-order valence-electron chi connectivity index (χ1n) is 10.3. The maximum Gasteiger partial charge on any atom is 0.337 e. The smallest absolute Gasteiger partial charge is 0.337 e. The third kappa shape index (κ3) is 5.42. The fourth-order valence-electron chi connectivity index (χ4n) is 3.12. The van der Waals surface area contributed by atoms with Crippen molar-refractivity contribution in [2.24, 2.45) is 0 Å². The molecule has 0 saturated carbocycles. The minimum Gasteiger partial charge on any atom is -0.508 e. The standard InChI is InChI=1S/C26H22N2O6/c1-31-23-15-17(6-14-24-27-25(28-34-24)19-9-11-21(29)12-10-19)5-13-22(23)33-16-18-3-7-20(8-4-18)26(30)32-2/h3-15,29H,16H2,1-2H3/b14-6+. The molecule has 34 heavy (non-hydrogen) atoms. The van der Waals surface area contributed by atoms with E-state index < -0.39 is 0 Å². The highest BCUT2D eigenvalue weighted by molar-refractivity contribution is 5.89. The average Bonchev–Trinajstić information content (AvgIpc) is 3.35. The van der Waals surface area contributed by atoms with Crippen molar-refractivity contribution in [3.63, 3.8) is 0 Å². The summed E-state index contributed by atoms with van der Waals surface area (Å²) < 4.78 is 21.3. The zero-order chi connectivity index (χ0) is 23.9. The number of aromatic nitrogens is 2. The number of hydrogen-bond acceptors (Lipinski definition) is 8. The van der Waals surface area contributed by atoms with E-state index >= 15 is 0 Å². The molecule has 8 nitrogen and oxygen atoms in total. The van der Waals surface area contributed by atoms with Crippen LogP contribution in [0.15, 0.2) is 71.3 Å². The van der Waals surface area contributed by atoms with Gasteiger partial charge in [0, 0.05) is 11.6 Å². The van der Waals surface area contributed by atoms with Crippen LogP contribution >= 0.6 is 0 Å². The Morgan fingerprint density at radius 2 is 1.74 bits per heavy atom. The molecule has 4 rings (SSSR count). The largest absolute Gasteiger partial charge is 0.508 e. The number of phenols is 1. The minimum atomic E-state index is -0.380. The number of phenolic OH excluding ortho intramolecular Hbond substituents is 1. The van der Waals surface area contributed by atoms with E-state index in [1.54, 1.807) is 49.6 Å². The van der Waals surface area contributed by atoms with Gasteiger partial charge in [-0.3, -0.25) is 0 Å². The molecular weight excluding hydrogens is 436 g/mol. The van der Waals surface area contributed by atoms with Crippen LogP contribution in [0.5, 0.6) is 17.2 Å². The maximum absolute atomic E-state index is 11.5. The Labute approximate surface area is 196 Å².